The van der Waals surface area contributed by atoms with Crippen LogP contribution in [-0.4, -0.2) is 43.5 Å². The van der Waals surface area contributed by atoms with Gasteiger partial charge in [-0.1, -0.05) is 18.2 Å². The summed E-state index contributed by atoms with van der Waals surface area (Å²) in [5.74, 6) is 0.887. The van der Waals surface area contributed by atoms with Crippen LogP contribution in [0.4, 0.5) is 23.3 Å². The number of benzene rings is 2. The fourth-order valence-corrected chi connectivity index (χ4v) is 4.27. The molecule has 33 heavy (non-hydrogen) atoms. The number of nitrogens with zero attached hydrogens (tertiary/aromatic N) is 5. The number of imidazole rings is 1. The number of nitrogens with one attached hydrogen (secondary N) is 3. The van der Waals surface area contributed by atoms with Crippen LogP contribution >= 0.6 is 0 Å². The lowest BCUT2D eigenvalue weighted by Crippen LogP contribution is -2.38. The number of rotatable bonds is 5. The van der Waals surface area contributed by atoms with Crippen LogP contribution in [0.3, 0.4) is 0 Å². The van der Waals surface area contributed by atoms with Gasteiger partial charge in [0.1, 0.15) is 6.33 Å². The first-order valence-electron chi connectivity index (χ1n) is 10.8. The summed E-state index contributed by atoms with van der Waals surface area (Å²) < 4.78 is 1.87. The number of fused-ring (bicyclic) bond motifs is 1. The zero-order valence-electron chi connectivity index (χ0n) is 18.2. The number of carbonyl (C=O) groups excluding carboxylic acids is 1. The maximum atomic E-state index is 12.5. The SMILES string of the molecule is CC(=O)Nc1cccc(Nc2ncnc(N3CCC(n4c(=O)[nH]c5ccccc54)CC3)n2)c1. The quantitative estimate of drug-likeness (QED) is 0.433. The highest BCUT2D eigenvalue weighted by atomic mass is 16.1. The van der Waals surface area contributed by atoms with E-state index in [-0.39, 0.29) is 17.6 Å². The molecule has 2 aromatic heterocycles. The average Bonchev–Trinajstić information content (AvgIpc) is 3.15. The predicted octanol–water partition coefficient (Wildman–Crippen LogP) is 3.06. The molecule has 3 heterocycles. The highest BCUT2D eigenvalue weighted by Crippen LogP contribution is 2.27. The zero-order valence-corrected chi connectivity index (χ0v) is 18.2. The smallest absolute Gasteiger partial charge is 0.326 e. The molecule has 4 aromatic rings. The van der Waals surface area contributed by atoms with Crippen molar-refractivity contribution in [2.24, 2.45) is 0 Å². The van der Waals surface area contributed by atoms with E-state index in [1.54, 1.807) is 0 Å². The number of hydrogen-bond acceptors (Lipinski definition) is 7. The van der Waals surface area contributed by atoms with Crippen molar-refractivity contribution in [2.45, 2.75) is 25.8 Å². The molecule has 0 unspecified atom stereocenters. The molecule has 0 aliphatic carbocycles. The highest BCUT2D eigenvalue weighted by Gasteiger charge is 2.25. The Hall–Kier alpha value is -4.21. The predicted molar refractivity (Wildman–Crippen MR) is 127 cm³/mol. The summed E-state index contributed by atoms with van der Waals surface area (Å²) in [6, 6.07) is 15.2. The van der Waals surface area contributed by atoms with Gasteiger partial charge in [-0.05, 0) is 43.2 Å². The van der Waals surface area contributed by atoms with Gasteiger partial charge in [-0.25, -0.2) is 14.8 Å². The molecule has 168 valence electrons. The summed E-state index contributed by atoms with van der Waals surface area (Å²) in [7, 11) is 0. The Balaban J connectivity index is 1.28. The second-order valence-electron chi connectivity index (χ2n) is 8.03. The largest absolute Gasteiger partial charge is 0.341 e. The summed E-state index contributed by atoms with van der Waals surface area (Å²) in [6.45, 7) is 2.94. The Morgan fingerprint density at radius 2 is 1.85 bits per heavy atom. The number of piperidine rings is 1. The maximum Gasteiger partial charge on any atom is 0.326 e. The van der Waals surface area contributed by atoms with E-state index >= 15 is 0 Å². The standard InChI is InChI=1S/C23H24N8O2/c1-15(32)26-16-5-4-6-17(13-16)27-21-24-14-25-22(29-21)30-11-9-18(10-12-30)31-20-8-3-2-7-19(20)28-23(31)33/h2-8,13-14,18H,9-12H2,1H3,(H,26,32)(H,28,33)(H,24,25,27,29). The van der Waals surface area contributed by atoms with E-state index in [1.165, 1.54) is 13.3 Å². The molecule has 3 N–H and O–H groups in total. The normalized spacial score (nSPS) is 14.4. The van der Waals surface area contributed by atoms with E-state index in [0.29, 0.717) is 17.6 Å². The Labute approximate surface area is 189 Å². The summed E-state index contributed by atoms with van der Waals surface area (Å²) in [5.41, 5.74) is 3.18. The van der Waals surface area contributed by atoms with E-state index in [2.05, 4.69) is 35.5 Å². The topological polar surface area (TPSA) is 121 Å². The van der Waals surface area contributed by atoms with E-state index in [4.69, 9.17) is 0 Å². The van der Waals surface area contributed by atoms with Gasteiger partial charge in [0.05, 0.1) is 11.0 Å². The highest BCUT2D eigenvalue weighted by molar-refractivity contribution is 5.89. The molecule has 1 aliphatic heterocycles. The molecule has 1 amide bonds. The molecular formula is C23H24N8O2. The van der Waals surface area contributed by atoms with Gasteiger partial charge in [-0.3, -0.25) is 9.36 Å². The van der Waals surface area contributed by atoms with Crippen LogP contribution in [0.15, 0.2) is 59.7 Å². The molecule has 0 atom stereocenters. The van der Waals surface area contributed by atoms with Gasteiger partial charge in [0, 0.05) is 37.4 Å². The lowest BCUT2D eigenvalue weighted by Gasteiger charge is -2.32. The van der Waals surface area contributed by atoms with E-state index < -0.39 is 0 Å². The van der Waals surface area contributed by atoms with E-state index in [1.807, 2.05) is 53.1 Å². The second kappa shape index (κ2) is 8.73. The minimum Gasteiger partial charge on any atom is -0.341 e. The van der Waals surface area contributed by atoms with E-state index in [9.17, 15) is 9.59 Å². The molecule has 10 heteroatoms. The van der Waals surface area contributed by atoms with Crippen molar-refractivity contribution in [1.29, 1.82) is 0 Å². The fraction of sp³-hybridized carbons (Fsp3) is 0.261. The first kappa shape index (κ1) is 20.7. The monoisotopic (exact) mass is 444 g/mol. The molecule has 0 bridgehead atoms. The van der Waals surface area contributed by atoms with E-state index in [0.717, 1.165) is 42.7 Å². The van der Waals surface area contributed by atoms with Crippen LogP contribution in [-0.2, 0) is 4.79 Å². The number of aromatic amines is 1. The second-order valence-corrected chi connectivity index (χ2v) is 8.03. The summed E-state index contributed by atoms with van der Waals surface area (Å²) in [4.78, 5) is 42.0. The summed E-state index contributed by atoms with van der Waals surface area (Å²) in [5, 5.41) is 5.92. The molecule has 0 spiro atoms. The molecule has 0 radical (unpaired) electrons. The molecular weight excluding hydrogens is 420 g/mol. The first-order valence-corrected chi connectivity index (χ1v) is 10.8. The molecule has 2 aromatic carbocycles. The van der Waals surface area contributed by atoms with Crippen LogP contribution in [0, 0.1) is 0 Å². The number of aromatic nitrogens is 5. The number of carbonyl (C=O) groups is 1. The van der Waals surface area contributed by atoms with Crippen molar-refractivity contribution in [3.8, 4) is 0 Å². The van der Waals surface area contributed by atoms with Crippen molar-refractivity contribution < 1.29 is 4.79 Å². The Kier molecular flexibility index (Phi) is 5.47. The van der Waals surface area contributed by atoms with Crippen LogP contribution < -0.4 is 21.2 Å². The summed E-state index contributed by atoms with van der Waals surface area (Å²) in [6.07, 6.45) is 3.11. The number of hydrogen-bond donors (Lipinski definition) is 3. The van der Waals surface area contributed by atoms with Crippen LogP contribution in [0.1, 0.15) is 25.8 Å². The lowest BCUT2D eigenvalue weighted by molar-refractivity contribution is -0.114. The minimum atomic E-state index is -0.132. The molecule has 10 nitrogen and oxygen atoms in total. The lowest BCUT2D eigenvalue weighted by atomic mass is 10.0. The van der Waals surface area contributed by atoms with Gasteiger partial charge in [0.2, 0.25) is 17.8 Å². The number of anilines is 4. The third-order valence-electron chi connectivity index (χ3n) is 5.73. The van der Waals surface area contributed by atoms with Crippen molar-refractivity contribution in [2.75, 3.05) is 28.6 Å². The molecule has 1 saturated heterocycles. The van der Waals surface area contributed by atoms with Gasteiger partial charge in [0.15, 0.2) is 0 Å². The number of amides is 1. The van der Waals surface area contributed by atoms with Crippen molar-refractivity contribution in [3.63, 3.8) is 0 Å². The Bertz CT molecular complexity index is 1350. The van der Waals surface area contributed by atoms with Crippen LogP contribution in [0.2, 0.25) is 0 Å². The van der Waals surface area contributed by atoms with Crippen LogP contribution in [0.25, 0.3) is 11.0 Å². The van der Waals surface area contributed by atoms with Crippen LogP contribution in [0.5, 0.6) is 0 Å². The third kappa shape index (κ3) is 4.40. The summed E-state index contributed by atoms with van der Waals surface area (Å²) >= 11 is 0. The van der Waals surface area contributed by atoms with Gasteiger partial charge >= 0.3 is 5.69 Å². The van der Waals surface area contributed by atoms with Gasteiger partial charge in [0.25, 0.3) is 0 Å². The van der Waals surface area contributed by atoms with Gasteiger partial charge < -0.3 is 20.5 Å². The average molecular weight is 444 g/mol. The van der Waals surface area contributed by atoms with Crippen molar-refractivity contribution in [3.05, 3.63) is 65.3 Å². The molecule has 5 rings (SSSR count). The fourth-order valence-electron chi connectivity index (χ4n) is 4.27. The molecule has 1 fully saturated rings. The Morgan fingerprint density at radius 1 is 1.06 bits per heavy atom. The Morgan fingerprint density at radius 3 is 2.67 bits per heavy atom. The van der Waals surface area contributed by atoms with Gasteiger partial charge in [-0.15, -0.1) is 0 Å². The molecule has 0 saturated carbocycles. The van der Waals surface area contributed by atoms with Gasteiger partial charge in [-0.2, -0.15) is 4.98 Å². The first-order chi connectivity index (χ1) is 16.1. The van der Waals surface area contributed by atoms with Crippen molar-refractivity contribution >= 4 is 40.2 Å². The third-order valence-corrected chi connectivity index (χ3v) is 5.73. The van der Waals surface area contributed by atoms with Crippen molar-refractivity contribution in [1.82, 2.24) is 24.5 Å². The maximum absolute atomic E-state index is 12.5. The zero-order chi connectivity index (χ0) is 22.8. The number of para-hydroxylation sites is 2. The molecule has 1 aliphatic rings. The number of H-pyrrole nitrogens is 1. The minimum absolute atomic E-state index is 0.0669.